The highest BCUT2D eigenvalue weighted by Gasteiger charge is 2.04. The molecule has 0 spiro atoms. The molecule has 6 heteroatoms. The van der Waals surface area contributed by atoms with Gasteiger partial charge in [0.1, 0.15) is 0 Å². The second-order valence-electron chi connectivity index (χ2n) is 4.32. The lowest BCUT2D eigenvalue weighted by molar-refractivity contribution is 0.0956. The van der Waals surface area contributed by atoms with E-state index >= 15 is 0 Å². The van der Waals surface area contributed by atoms with Crippen molar-refractivity contribution in [1.82, 2.24) is 10.3 Å². The molecule has 2 amide bonds. The van der Waals surface area contributed by atoms with Gasteiger partial charge >= 0.3 is 0 Å². The number of nitrogens with zero attached hydrogens (tertiary/aromatic N) is 1. The van der Waals surface area contributed by atoms with Gasteiger partial charge in [-0.25, -0.2) is 0 Å². The Morgan fingerprint density at radius 2 is 1.91 bits per heavy atom. The van der Waals surface area contributed by atoms with E-state index < -0.39 is 5.91 Å². The van der Waals surface area contributed by atoms with E-state index in [0.29, 0.717) is 11.1 Å². The first kappa shape index (κ1) is 15.7. The van der Waals surface area contributed by atoms with Gasteiger partial charge in [-0.3, -0.25) is 14.6 Å². The van der Waals surface area contributed by atoms with Gasteiger partial charge < -0.3 is 11.1 Å². The fraction of sp³-hybridized carbons (Fsp3) is 0.0625. The first-order valence-corrected chi connectivity index (χ1v) is 7.13. The summed E-state index contributed by atoms with van der Waals surface area (Å²) in [6.45, 7) is 0.211. The smallest absolute Gasteiger partial charge is 0.253 e. The van der Waals surface area contributed by atoms with Crippen LogP contribution in [0, 0.1) is 11.8 Å². The fourth-order valence-corrected chi connectivity index (χ4v) is 1.99. The molecule has 1 aromatic carbocycles. The van der Waals surface area contributed by atoms with Crippen LogP contribution in [-0.2, 0) is 0 Å². The minimum atomic E-state index is -0.477. The van der Waals surface area contributed by atoms with E-state index in [4.69, 9.17) is 5.73 Å². The molecule has 0 fully saturated rings. The van der Waals surface area contributed by atoms with Crippen molar-refractivity contribution in [3.63, 3.8) is 0 Å². The van der Waals surface area contributed by atoms with Crippen molar-refractivity contribution in [2.75, 3.05) is 6.54 Å². The number of benzene rings is 1. The van der Waals surface area contributed by atoms with Crippen LogP contribution in [0.25, 0.3) is 0 Å². The van der Waals surface area contributed by atoms with Crippen LogP contribution in [0.4, 0.5) is 0 Å². The minimum absolute atomic E-state index is 0.211. The van der Waals surface area contributed by atoms with E-state index in [1.54, 1.807) is 36.5 Å². The quantitative estimate of drug-likeness (QED) is 0.820. The molecule has 1 heterocycles. The summed E-state index contributed by atoms with van der Waals surface area (Å²) in [6.07, 6.45) is 3.09. The van der Waals surface area contributed by atoms with Crippen LogP contribution in [0.3, 0.4) is 0 Å². The highest BCUT2D eigenvalue weighted by Crippen LogP contribution is 2.09. The van der Waals surface area contributed by atoms with Crippen LogP contribution < -0.4 is 11.1 Å². The number of nitrogens with two attached hydrogens (primary N) is 1. The van der Waals surface area contributed by atoms with Gasteiger partial charge in [0.2, 0.25) is 5.91 Å². The summed E-state index contributed by atoms with van der Waals surface area (Å²) in [4.78, 5) is 26.7. The standard InChI is InChI=1S/C16H12BrN3O2/c17-14-8-13(9-19-10-14)16(22)20-7-1-2-11-3-5-12(6-4-11)15(18)21/h3-6,8-10H,7H2,(H2,18,21)(H,20,22). The molecule has 2 aromatic rings. The fourth-order valence-electron chi connectivity index (χ4n) is 1.63. The van der Waals surface area contributed by atoms with Crippen LogP contribution in [0.15, 0.2) is 47.2 Å². The number of hydrogen-bond acceptors (Lipinski definition) is 3. The molecule has 3 N–H and O–H groups in total. The summed E-state index contributed by atoms with van der Waals surface area (Å²) in [7, 11) is 0. The maximum atomic E-state index is 11.8. The van der Waals surface area contributed by atoms with Crippen molar-refractivity contribution >= 4 is 27.7 Å². The van der Waals surface area contributed by atoms with E-state index in [2.05, 4.69) is 38.1 Å². The Hall–Kier alpha value is -2.65. The number of hydrogen-bond donors (Lipinski definition) is 2. The van der Waals surface area contributed by atoms with Gasteiger partial charge in [0.15, 0.2) is 0 Å². The zero-order valence-corrected chi connectivity index (χ0v) is 13.1. The zero-order valence-electron chi connectivity index (χ0n) is 11.5. The molecule has 110 valence electrons. The van der Waals surface area contributed by atoms with Crippen LogP contribution in [0.2, 0.25) is 0 Å². The molecule has 22 heavy (non-hydrogen) atoms. The van der Waals surface area contributed by atoms with Crippen molar-refractivity contribution in [2.24, 2.45) is 5.73 Å². The number of pyridine rings is 1. The largest absolute Gasteiger partial charge is 0.366 e. The third-order valence-corrected chi connectivity index (χ3v) is 3.14. The first-order chi connectivity index (χ1) is 10.6. The lowest BCUT2D eigenvalue weighted by Crippen LogP contribution is -2.23. The van der Waals surface area contributed by atoms with Gasteiger partial charge in [-0.1, -0.05) is 11.8 Å². The van der Waals surface area contributed by atoms with E-state index in [-0.39, 0.29) is 12.5 Å². The van der Waals surface area contributed by atoms with Crippen LogP contribution in [0.5, 0.6) is 0 Å². The Balaban J connectivity index is 1.91. The maximum Gasteiger partial charge on any atom is 0.253 e. The SMILES string of the molecule is NC(=O)c1ccc(C#CCNC(=O)c2cncc(Br)c2)cc1. The topological polar surface area (TPSA) is 85.1 Å². The summed E-state index contributed by atoms with van der Waals surface area (Å²) >= 11 is 3.26. The summed E-state index contributed by atoms with van der Waals surface area (Å²) in [6, 6.07) is 8.30. The summed E-state index contributed by atoms with van der Waals surface area (Å²) in [5.74, 6) is 5.00. The van der Waals surface area contributed by atoms with Gasteiger partial charge in [-0.15, -0.1) is 0 Å². The average Bonchev–Trinajstić information content (AvgIpc) is 2.51. The summed E-state index contributed by atoms with van der Waals surface area (Å²) in [5.41, 5.74) is 6.78. The molecule has 0 aliphatic carbocycles. The predicted molar refractivity (Wildman–Crippen MR) is 86.1 cm³/mol. The molecule has 0 bridgehead atoms. The molecule has 0 saturated heterocycles. The Bertz CT molecular complexity index is 761. The normalized spacial score (nSPS) is 9.50. The Labute approximate surface area is 136 Å². The van der Waals surface area contributed by atoms with Gasteiger partial charge in [-0.2, -0.15) is 0 Å². The molecule has 0 saturated carbocycles. The summed E-state index contributed by atoms with van der Waals surface area (Å²) in [5, 5.41) is 2.68. The molecule has 0 atom stereocenters. The molecule has 0 aliphatic rings. The number of halogens is 1. The highest BCUT2D eigenvalue weighted by atomic mass is 79.9. The number of nitrogens with one attached hydrogen (secondary N) is 1. The molecule has 0 aliphatic heterocycles. The first-order valence-electron chi connectivity index (χ1n) is 6.34. The molecule has 0 radical (unpaired) electrons. The minimum Gasteiger partial charge on any atom is -0.366 e. The van der Waals surface area contributed by atoms with Gasteiger partial charge in [0.05, 0.1) is 12.1 Å². The Morgan fingerprint density at radius 3 is 2.55 bits per heavy atom. The van der Waals surface area contributed by atoms with Gasteiger partial charge in [-0.05, 0) is 46.3 Å². The lowest BCUT2D eigenvalue weighted by atomic mass is 10.1. The number of carbonyl (C=O) groups is 2. The van der Waals surface area contributed by atoms with Crippen molar-refractivity contribution in [3.8, 4) is 11.8 Å². The number of rotatable bonds is 3. The van der Waals surface area contributed by atoms with Crippen LogP contribution in [0.1, 0.15) is 26.3 Å². The molecular weight excluding hydrogens is 346 g/mol. The number of amides is 2. The van der Waals surface area contributed by atoms with Crippen LogP contribution >= 0.6 is 15.9 Å². The molecule has 1 aromatic heterocycles. The van der Waals surface area contributed by atoms with E-state index in [1.807, 2.05) is 0 Å². The lowest BCUT2D eigenvalue weighted by Gasteiger charge is -2.01. The third-order valence-electron chi connectivity index (χ3n) is 2.71. The number of primary amides is 1. The van der Waals surface area contributed by atoms with Gasteiger partial charge in [0.25, 0.3) is 5.91 Å². The predicted octanol–water partition coefficient (Wildman–Crippen LogP) is 1.72. The van der Waals surface area contributed by atoms with E-state index in [0.717, 1.165) is 10.0 Å². The Kier molecular flexibility index (Phi) is 5.28. The molecular formula is C16H12BrN3O2. The maximum absolute atomic E-state index is 11.8. The van der Waals surface area contributed by atoms with Gasteiger partial charge in [0, 0.05) is 28.0 Å². The van der Waals surface area contributed by atoms with Crippen molar-refractivity contribution in [2.45, 2.75) is 0 Å². The molecule has 2 rings (SSSR count). The second kappa shape index (κ2) is 7.38. The van der Waals surface area contributed by atoms with E-state index in [1.165, 1.54) is 6.20 Å². The average molecular weight is 358 g/mol. The summed E-state index contributed by atoms with van der Waals surface area (Å²) < 4.78 is 0.737. The monoisotopic (exact) mass is 357 g/mol. The van der Waals surface area contributed by atoms with Crippen molar-refractivity contribution in [1.29, 1.82) is 0 Å². The van der Waals surface area contributed by atoms with Crippen LogP contribution in [-0.4, -0.2) is 23.3 Å². The van der Waals surface area contributed by atoms with Crippen molar-refractivity contribution in [3.05, 3.63) is 63.9 Å². The molecule has 0 unspecified atom stereocenters. The Morgan fingerprint density at radius 1 is 1.18 bits per heavy atom. The van der Waals surface area contributed by atoms with E-state index in [9.17, 15) is 9.59 Å². The number of aromatic nitrogens is 1. The van der Waals surface area contributed by atoms with Crippen molar-refractivity contribution < 1.29 is 9.59 Å². The third kappa shape index (κ3) is 4.43. The zero-order chi connectivity index (χ0) is 15.9. The number of carbonyl (C=O) groups excluding carboxylic acids is 2. The molecule has 5 nitrogen and oxygen atoms in total. The second-order valence-corrected chi connectivity index (χ2v) is 5.23. The highest BCUT2D eigenvalue weighted by molar-refractivity contribution is 9.10.